The van der Waals surface area contributed by atoms with E-state index in [9.17, 15) is 9.50 Å². The van der Waals surface area contributed by atoms with Gasteiger partial charge in [-0.25, -0.2) is 9.37 Å². The number of aromatic nitrogens is 2. The van der Waals surface area contributed by atoms with Gasteiger partial charge in [0.2, 0.25) is 5.88 Å². The molecular weight excluding hydrogens is 295 g/mol. The van der Waals surface area contributed by atoms with Crippen LogP contribution in [0.3, 0.4) is 0 Å². The average Bonchev–Trinajstić information content (AvgIpc) is 3.22. The second-order valence-corrected chi connectivity index (χ2v) is 7.42. The molecule has 1 heterocycles. The number of rotatable bonds is 4. The fourth-order valence-corrected chi connectivity index (χ4v) is 2.40. The summed E-state index contributed by atoms with van der Waals surface area (Å²) in [4.78, 5) is 8.71. The third kappa shape index (κ3) is 3.29. The van der Waals surface area contributed by atoms with Gasteiger partial charge >= 0.3 is 0 Å². The Morgan fingerprint density at radius 3 is 2.52 bits per heavy atom. The lowest BCUT2D eigenvalue weighted by atomic mass is 9.86. The Labute approximate surface area is 135 Å². The molecule has 1 aliphatic carbocycles. The van der Waals surface area contributed by atoms with Crippen molar-refractivity contribution in [3.05, 3.63) is 29.3 Å². The summed E-state index contributed by atoms with van der Waals surface area (Å²) < 4.78 is 20.3. The summed E-state index contributed by atoms with van der Waals surface area (Å²) in [6.45, 7) is 8.19. The molecule has 23 heavy (non-hydrogen) atoms. The summed E-state index contributed by atoms with van der Waals surface area (Å²) in [6, 6.07) is 3.43. The van der Waals surface area contributed by atoms with Gasteiger partial charge in [0.25, 0.3) is 0 Å². The van der Waals surface area contributed by atoms with Gasteiger partial charge in [-0.3, -0.25) is 0 Å². The van der Waals surface area contributed by atoms with Gasteiger partial charge in [-0.15, -0.1) is 0 Å². The number of aryl methyl sites for hydroxylation is 1. The van der Waals surface area contributed by atoms with Crippen molar-refractivity contribution >= 4 is 10.9 Å². The lowest BCUT2D eigenvalue weighted by molar-refractivity contribution is 0.0840. The largest absolute Gasteiger partial charge is 0.474 e. The van der Waals surface area contributed by atoms with E-state index in [1.165, 1.54) is 6.07 Å². The molecule has 2 aromatic rings. The van der Waals surface area contributed by atoms with Crippen molar-refractivity contribution < 1.29 is 14.2 Å². The highest BCUT2D eigenvalue weighted by Gasteiger charge is 2.41. The molecule has 0 atom stereocenters. The van der Waals surface area contributed by atoms with Crippen molar-refractivity contribution in [2.24, 2.45) is 0 Å². The van der Waals surface area contributed by atoms with E-state index in [2.05, 4.69) is 9.97 Å². The van der Waals surface area contributed by atoms with Crippen LogP contribution >= 0.6 is 0 Å². The Hall–Kier alpha value is -1.75. The second-order valence-electron chi connectivity index (χ2n) is 7.42. The van der Waals surface area contributed by atoms with E-state index >= 15 is 0 Å². The Balaban J connectivity index is 2.12. The van der Waals surface area contributed by atoms with Crippen LogP contribution in [0.15, 0.2) is 12.1 Å². The van der Waals surface area contributed by atoms with Crippen molar-refractivity contribution in [2.45, 2.75) is 58.0 Å². The van der Waals surface area contributed by atoms with Crippen LogP contribution in [0, 0.1) is 5.82 Å². The quantitative estimate of drug-likeness (QED) is 0.937. The Bertz CT molecular complexity index is 749. The highest BCUT2D eigenvalue weighted by molar-refractivity contribution is 5.85. The molecule has 1 saturated carbocycles. The van der Waals surface area contributed by atoms with Crippen LogP contribution in [0.1, 0.15) is 51.9 Å². The van der Waals surface area contributed by atoms with Crippen LogP contribution in [0.2, 0.25) is 0 Å². The molecule has 0 radical (unpaired) electrons. The third-order valence-electron chi connectivity index (χ3n) is 4.25. The average molecular weight is 318 g/mol. The highest BCUT2D eigenvalue weighted by Crippen LogP contribution is 2.37. The number of hydrogen-bond acceptors (Lipinski definition) is 4. The van der Waals surface area contributed by atoms with Gasteiger partial charge in [-0.1, -0.05) is 27.7 Å². The maximum Gasteiger partial charge on any atom is 0.224 e. The third-order valence-corrected chi connectivity index (χ3v) is 4.25. The summed E-state index contributed by atoms with van der Waals surface area (Å²) in [6.07, 6.45) is 2.06. The molecule has 1 N–H and O–H groups in total. The van der Waals surface area contributed by atoms with Crippen LogP contribution in [-0.4, -0.2) is 27.3 Å². The molecule has 124 valence electrons. The molecule has 4 nitrogen and oxygen atoms in total. The van der Waals surface area contributed by atoms with Gasteiger partial charge < -0.3 is 9.84 Å². The van der Waals surface area contributed by atoms with E-state index < -0.39 is 5.60 Å². The minimum atomic E-state index is -0.746. The number of hydrogen-bond donors (Lipinski definition) is 1. The van der Waals surface area contributed by atoms with Crippen molar-refractivity contribution in [3.63, 3.8) is 0 Å². The zero-order valence-electron chi connectivity index (χ0n) is 14.1. The second kappa shape index (κ2) is 5.41. The van der Waals surface area contributed by atoms with Gasteiger partial charge in [0, 0.05) is 6.42 Å². The first kappa shape index (κ1) is 16.1. The molecule has 0 saturated heterocycles. The van der Waals surface area contributed by atoms with E-state index in [0.29, 0.717) is 23.5 Å². The van der Waals surface area contributed by atoms with Gasteiger partial charge in [0.1, 0.15) is 23.8 Å². The predicted molar refractivity (Wildman–Crippen MR) is 87.3 cm³/mol. The number of aliphatic hydroxyl groups is 1. The lowest BCUT2D eigenvalue weighted by Gasteiger charge is -2.20. The first-order valence-electron chi connectivity index (χ1n) is 8.08. The molecular formula is C18H23FN2O2. The zero-order valence-corrected chi connectivity index (χ0v) is 14.1. The monoisotopic (exact) mass is 318 g/mol. The SMILES string of the molecule is CCc1nc(OCC2(O)CC2)c2cc(C(C)(C)C)cc(F)c2n1. The van der Waals surface area contributed by atoms with Crippen molar-refractivity contribution in [3.8, 4) is 5.88 Å². The topological polar surface area (TPSA) is 55.2 Å². The molecule has 1 fully saturated rings. The number of ether oxygens (including phenoxy) is 1. The van der Waals surface area contributed by atoms with Gasteiger partial charge in [0.05, 0.1) is 11.0 Å². The van der Waals surface area contributed by atoms with E-state index in [1.807, 2.05) is 33.8 Å². The maximum absolute atomic E-state index is 14.6. The molecule has 1 aromatic carbocycles. The summed E-state index contributed by atoms with van der Waals surface area (Å²) in [5.41, 5.74) is 0.210. The van der Waals surface area contributed by atoms with E-state index in [0.717, 1.165) is 18.4 Å². The molecule has 3 rings (SSSR count). The van der Waals surface area contributed by atoms with E-state index in [1.54, 1.807) is 0 Å². The highest BCUT2D eigenvalue weighted by atomic mass is 19.1. The minimum absolute atomic E-state index is 0.184. The van der Waals surface area contributed by atoms with Gasteiger partial charge in [-0.05, 0) is 36.0 Å². The molecule has 0 amide bonds. The predicted octanol–water partition coefficient (Wildman–Crippen LogP) is 3.53. The summed E-state index contributed by atoms with van der Waals surface area (Å²) in [7, 11) is 0. The van der Waals surface area contributed by atoms with Crippen LogP contribution in [-0.2, 0) is 11.8 Å². The van der Waals surface area contributed by atoms with Crippen molar-refractivity contribution in [2.75, 3.05) is 6.61 Å². The van der Waals surface area contributed by atoms with E-state index in [4.69, 9.17) is 4.74 Å². The summed E-state index contributed by atoms with van der Waals surface area (Å²) in [5.74, 6) is 0.536. The fraction of sp³-hybridized carbons (Fsp3) is 0.556. The maximum atomic E-state index is 14.6. The first-order valence-corrected chi connectivity index (χ1v) is 8.08. The molecule has 1 aliphatic rings. The lowest BCUT2D eigenvalue weighted by Crippen LogP contribution is -2.19. The number of halogens is 1. The van der Waals surface area contributed by atoms with E-state index in [-0.39, 0.29) is 23.4 Å². The summed E-state index contributed by atoms with van der Waals surface area (Å²) in [5, 5.41) is 10.6. The molecule has 0 bridgehead atoms. The molecule has 1 aromatic heterocycles. The van der Waals surface area contributed by atoms with Crippen LogP contribution in [0.25, 0.3) is 10.9 Å². The van der Waals surface area contributed by atoms with Crippen molar-refractivity contribution in [1.82, 2.24) is 9.97 Å². The zero-order chi connectivity index (χ0) is 16.8. The standard InChI is InChI=1S/C18H23FN2O2/c1-5-14-20-15-12(8-11(9-13(15)19)17(2,3)4)16(21-14)23-10-18(22)6-7-18/h8-9,22H,5-7,10H2,1-4H3. The summed E-state index contributed by atoms with van der Waals surface area (Å²) >= 11 is 0. The molecule has 0 unspecified atom stereocenters. The van der Waals surface area contributed by atoms with Crippen LogP contribution < -0.4 is 4.74 Å². The smallest absolute Gasteiger partial charge is 0.224 e. The Morgan fingerprint density at radius 1 is 1.26 bits per heavy atom. The Kier molecular flexibility index (Phi) is 3.79. The Morgan fingerprint density at radius 2 is 1.96 bits per heavy atom. The van der Waals surface area contributed by atoms with Gasteiger partial charge in [-0.2, -0.15) is 4.98 Å². The normalized spacial score (nSPS) is 16.6. The van der Waals surface area contributed by atoms with Crippen molar-refractivity contribution in [1.29, 1.82) is 0 Å². The molecule has 0 aliphatic heterocycles. The number of benzene rings is 1. The van der Waals surface area contributed by atoms with Crippen LogP contribution in [0.4, 0.5) is 4.39 Å². The number of fused-ring (bicyclic) bond motifs is 1. The molecule has 0 spiro atoms. The van der Waals surface area contributed by atoms with Gasteiger partial charge in [0.15, 0.2) is 0 Å². The van der Waals surface area contributed by atoms with Crippen LogP contribution in [0.5, 0.6) is 5.88 Å². The number of nitrogens with zero attached hydrogens (tertiary/aromatic N) is 2. The first-order chi connectivity index (χ1) is 10.7. The molecule has 5 heteroatoms. The fourth-order valence-electron chi connectivity index (χ4n) is 2.40. The minimum Gasteiger partial charge on any atom is -0.474 e.